The van der Waals surface area contributed by atoms with E-state index in [9.17, 15) is 4.39 Å². The molecule has 0 amide bonds. The summed E-state index contributed by atoms with van der Waals surface area (Å²) < 4.78 is 13.3. The molecule has 2 aromatic rings. The second kappa shape index (κ2) is 4.67. The normalized spacial score (nSPS) is 19.3. The van der Waals surface area contributed by atoms with Crippen molar-refractivity contribution in [1.82, 2.24) is 15.2 Å². The highest BCUT2D eigenvalue weighted by Gasteiger charge is 2.31. The molecule has 0 radical (unpaired) electrons. The molecule has 0 saturated heterocycles. The highest BCUT2D eigenvalue weighted by molar-refractivity contribution is 8.04. The number of H-pyrrole nitrogens is 1. The van der Waals surface area contributed by atoms with E-state index in [2.05, 4.69) is 15.2 Å². The van der Waals surface area contributed by atoms with Gasteiger partial charge in [0, 0.05) is 16.7 Å². The van der Waals surface area contributed by atoms with Crippen molar-refractivity contribution in [3.8, 4) is 0 Å². The predicted octanol–water partition coefficient (Wildman–Crippen LogP) is 2.13. The van der Waals surface area contributed by atoms with Gasteiger partial charge >= 0.3 is 0 Å². The third-order valence-corrected chi connectivity index (χ3v) is 3.84. The first-order valence-electron chi connectivity index (χ1n) is 5.71. The van der Waals surface area contributed by atoms with E-state index in [0.717, 1.165) is 16.2 Å². The van der Waals surface area contributed by atoms with Crippen molar-refractivity contribution in [3.05, 3.63) is 47.0 Å². The van der Waals surface area contributed by atoms with Crippen LogP contribution in [0.1, 0.15) is 12.5 Å². The number of nitrogens with one attached hydrogen (secondary N) is 1. The number of hydrogen-bond acceptors (Lipinski definition) is 5. The number of rotatable bonds is 2. The summed E-state index contributed by atoms with van der Waals surface area (Å²) in [5.74, 6) is -0.0288. The van der Waals surface area contributed by atoms with Crippen molar-refractivity contribution >= 4 is 23.3 Å². The maximum Gasteiger partial charge on any atom is 0.214 e. The third kappa shape index (κ3) is 2.11. The van der Waals surface area contributed by atoms with Crippen LogP contribution in [0.5, 0.6) is 0 Å². The van der Waals surface area contributed by atoms with Gasteiger partial charge in [0.2, 0.25) is 5.95 Å². The van der Waals surface area contributed by atoms with Crippen molar-refractivity contribution in [2.24, 2.45) is 5.73 Å². The zero-order valence-electron chi connectivity index (χ0n) is 10.2. The fourth-order valence-electron chi connectivity index (χ4n) is 2.09. The molecule has 0 spiro atoms. The SMILES string of the molecule is CC1=C(c2cn[nH]c2)N(c2cccc(F)n2)C(N)S1. The molecule has 0 bridgehead atoms. The lowest BCUT2D eigenvalue weighted by molar-refractivity contribution is 0.583. The molecule has 7 heteroatoms. The minimum absolute atomic E-state index is 0.320. The third-order valence-electron chi connectivity index (χ3n) is 2.85. The molecule has 0 aromatic carbocycles. The van der Waals surface area contributed by atoms with Crippen molar-refractivity contribution in [1.29, 1.82) is 0 Å². The molecule has 0 aliphatic carbocycles. The van der Waals surface area contributed by atoms with Gasteiger partial charge < -0.3 is 5.73 Å². The Kier molecular flexibility index (Phi) is 3.00. The van der Waals surface area contributed by atoms with Gasteiger partial charge in [-0.3, -0.25) is 10.00 Å². The van der Waals surface area contributed by atoms with Crippen LogP contribution in [-0.4, -0.2) is 20.7 Å². The van der Waals surface area contributed by atoms with E-state index >= 15 is 0 Å². The van der Waals surface area contributed by atoms with Crippen molar-refractivity contribution in [2.75, 3.05) is 4.90 Å². The quantitative estimate of drug-likeness (QED) is 0.823. The Hall–Kier alpha value is -1.86. The van der Waals surface area contributed by atoms with Gasteiger partial charge in [-0.1, -0.05) is 17.8 Å². The Labute approximate surface area is 113 Å². The van der Waals surface area contributed by atoms with Gasteiger partial charge in [0.1, 0.15) is 11.3 Å². The average Bonchev–Trinajstić information content (AvgIpc) is 2.96. The lowest BCUT2D eigenvalue weighted by Gasteiger charge is -2.24. The topological polar surface area (TPSA) is 70.8 Å². The van der Waals surface area contributed by atoms with E-state index in [4.69, 9.17) is 5.73 Å². The molecule has 1 aliphatic heterocycles. The molecular formula is C12H12FN5S. The van der Waals surface area contributed by atoms with Gasteiger partial charge in [0.05, 0.1) is 11.9 Å². The first-order valence-corrected chi connectivity index (χ1v) is 6.59. The number of nitrogens with zero attached hydrogens (tertiary/aromatic N) is 3. The summed E-state index contributed by atoms with van der Waals surface area (Å²) in [5, 5.41) is 6.71. The summed E-state index contributed by atoms with van der Waals surface area (Å²) in [7, 11) is 0. The molecular weight excluding hydrogens is 265 g/mol. The van der Waals surface area contributed by atoms with Gasteiger partial charge in [-0.15, -0.1) is 0 Å². The van der Waals surface area contributed by atoms with Crippen molar-refractivity contribution < 1.29 is 4.39 Å². The standard InChI is InChI=1S/C12H12FN5S/c1-7-11(8-5-15-16-6-8)18(12(14)19-7)10-4-2-3-9(13)17-10/h2-6,12H,14H2,1H3,(H,15,16). The summed E-state index contributed by atoms with van der Waals surface area (Å²) in [6.07, 6.45) is 3.49. The number of nitrogens with two attached hydrogens (primary N) is 1. The Balaban J connectivity index is 2.08. The van der Waals surface area contributed by atoms with Gasteiger partial charge in [-0.05, 0) is 19.1 Å². The summed E-state index contributed by atoms with van der Waals surface area (Å²) >= 11 is 1.51. The van der Waals surface area contributed by atoms with Crippen LogP contribution in [0.15, 0.2) is 35.5 Å². The van der Waals surface area contributed by atoms with Gasteiger partial charge in [0.15, 0.2) is 0 Å². The van der Waals surface area contributed by atoms with Crippen molar-refractivity contribution in [2.45, 2.75) is 12.4 Å². The molecule has 98 valence electrons. The fourth-order valence-corrected chi connectivity index (χ4v) is 3.09. The highest BCUT2D eigenvalue weighted by Crippen LogP contribution is 2.42. The molecule has 0 saturated carbocycles. The molecule has 3 rings (SSSR count). The van der Waals surface area contributed by atoms with Gasteiger partial charge in [0.25, 0.3) is 0 Å². The number of allylic oxidation sites excluding steroid dienone is 1. The number of pyridine rings is 1. The second-order valence-corrected chi connectivity index (χ2v) is 5.42. The fraction of sp³-hybridized carbons (Fsp3) is 0.167. The largest absolute Gasteiger partial charge is 0.302 e. The van der Waals surface area contributed by atoms with E-state index in [1.54, 1.807) is 24.5 Å². The maximum absolute atomic E-state index is 13.3. The zero-order chi connectivity index (χ0) is 13.4. The first-order chi connectivity index (χ1) is 9.16. The van der Waals surface area contributed by atoms with Crippen LogP contribution in [0.25, 0.3) is 5.70 Å². The molecule has 19 heavy (non-hydrogen) atoms. The first kappa shape index (κ1) is 12.2. The smallest absolute Gasteiger partial charge is 0.214 e. The zero-order valence-corrected chi connectivity index (χ0v) is 11.0. The number of anilines is 1. The Morgan fingerprint density at radius 3 is 3.00 bits per heavy atom. The maximum atomic E-state index is 13.3. The number of aromatic nitrogens is 3. The van der Waals surface area contributed by atoms with Crippen LogP contribution in [0.3, 0.4) is 0 Å². The predicted molar refractivity (Wildman–Crippen MR) is 73.4 cm³/mol. The molecule has 1 aliphatic rings. The van der Waals surface area contributed by atoms with Gasteiger partial charge in [-0.2, -0.15) is 9.49 Å². The van der Waals surface area contributed by atoms with Crippen molar-refractivity contribution in [3.63, 3.8) is 0 Å². The van der Waals surface area contributed by atoms with E-state index in [0.29, 0.717) is 5.82 Å². The lowest BCUT2D eigenvalue weighted by Crippen LogP contribution is -2.35. The molecule has 1 atom stereocenters. The number of aromatic amines is 1. The Morgan fingerprint density at radius 2 is 2.32 bits per heavy atom. The van der Waals surface area contributed by atoms with Crippen LogP contribution in [0.2, 0.25) is 0 Å². The summed E-state index contributed by atoms with van der Waals surface area (Å²) in [4.78, 5) is 6.77. The second-order valence-electron chi connectivity index (χ2n) is 4.09. The summed E-state index contributed by atoms with van der Waals surface area (Å²) in [5.41, 5.74) is 7.60. The molecule has 2 aromatic heterocycles. The number of hydrogen-bond donors (Lipinski definition) is 2. The van der Waals surface area contributed by atoms with Crippen LogP contribution in [0, 0.1) is 5.95 Å². The van der Waals surface area contributed by atoms with Crippen LogP contribution in [-0.2, 0) is 0 Å². The molecule has 3 N–H and O–H groups in total. The summed E-state index contributed by atoms with van der Waals surface area (Å²) in [6.45, 7) is 1.98. The minimum atomic E-state index is -0.522. The monoisotopic (exact) mass is 277 g/mol. The Morgan fingerprint density at radius 1 is 1.47 bits per heavy atom. The van der Waals surface area contributed by atoms with Crippen LogP contribution < -0.4 is 10.6 Å². The van der Waals surface area contributed by atoms with E-state index < -0.39 is 5.95 Å². The van der Waals surface area contributed by atoms with Gasteiger partial charge in [-0.25, -0.2) is 4.98 Å². The van der Waals surface area contributed by atoms with Crippen LogP contribution >= 0.6 is 11.8 Å². The lowest BCUT2D eigenvalue weighted by atomic mass is 10.2. The molecule has 1 unspecified atom stereocenters. The highest BCUT2D eigenvalue weighted by atomic mass is 32.2. The van der Waals surface area contributed by atoms with E-state index in [1.165, 1.54) is 17.8 Å². The molecule has 0 fully saturated rings. The van der Waals surface area contributed by atoms with E-state index in [1.807, 2.05) is 11.8 Å². The Bertz CT molecular complexity index is 625. The molecule has 3 heterocycles. The molecule has 5 nitrogen and oxygen atoms in total. The van der Waals surface area contributed by atoms with E-state index in [-0.39, 0.29) is 5.50 Å². The number of thioether (sulfide) groups is 1. The summed E-state index contributed by atoms with van der Waals surface area (Å²) in [6, 6.07) is 4.67. The van der Waals surface area contributed by atoms with Crippen LogP contribution in [0.4, 0.5) is 10.2 Å². The average molecular weight is 277 g/mol. The number of halogens is 1. The minimum Gasteiger partial charge on any atom is -0.302 e.